The molecule has 2 amide bonds. The van der Waals surface area contributed by atoms with Crippen LogP contribution in [0.25, 0.3) is 0 Å². The fraction of sp³-hybridized carbons (Fsp3) is 0.650. The Labute approximate surface area is 148 Å². The van der Waals surface area contributed by atoms with Crippen LogP contribution in [0.5, 0.6) is 0 Å². The molecule has 1 saturated heterocycles. The molecule has 4 nitrogen and oxygen atoms in total. The fourth-order valence-corrected chi connectivity index (χ4v) is 4.92. The molecule has 0 aromatic heterocycles. The Morgan fingerprint density at radius 3 is 2.80 bits per heavy atom. The molecule has 1 aromatic carbocycles. The number of benzene rings is 1. The van der Waals surface area contributed by atoms with Gasteiger partial charge in [0.05, 0.1) is 13.2 Å². The van der Waals surface area contributed by atoms with Gasteiger partial charge in [0.15, 0.2) is 0 Å². The van der Waals surface area contributed by atoms with Crippen molar-refractivity contribution in [1.29, 1.82) is 0 Å². The Bertz CT molecular complexity index is 606. The molecule has 3 fully saturated rings. The van der Waals surface area contributed by atoms with Gasteiger partial charge in [-0.25, -0.2) is 9.18 Å². The lowest BCUT2D eigenvalue weighted by molar-refractivity contribution is -0.0154. The van der Waals surface area contributed by atoms with E-state index in [1.165, 1.54) is 37.8 Å². The maximum absolute atomic E-state index is 13.1. The molecule has 4 atom stereocenters. The molecule has 0 radical (unpaired) electrons. The fourth-order valence-electron chi connectivity index (χ4n) is 4.92. The highest BCUT2D eigenvalue weighted by molar-refractivity contribution is 5.74. The minimum Gasteiger partial charge on any atom is -0.370 e. The quantitative estimate of drug-likeness (QED) is 0.902. The molecule has 3 aliphatic rings. The summed E-state index contributed by atoms with van der Waals surface area (Å²) in [5.74, 6) is 2.43. The summed E-state index contributed by atoms with van der Waals surface area (Å²) >= 11 is 0. The van der Waals surface area contributed by atoms with Crippen LogP contribution in [0.3, 0.4) is 0 Å². The molecule has 5 heteroatoms. The van der Waals surface area contributed by atoms with Crippen molar-refractivity contribution >= 4 is 6.03 Å². The largest absolute Gasteiger partial charge is 0.370 e. The second kappa shape index (κ2) is 7.32. The van der Waals surface area contributed by atoms with E-state index in [1.807, 2.05) is 4.90 Å². The SMILES string of the molecule is O=C(NCC[C@H]1C[C@H]2CC[C@H]1C2)N1CCO[C@H](c2ccc(F)cc2)C1. The van der Waals surface area contributed by atoms with Crippen molar-refractivity contribution in [2.24, 2.45) is 17.8 Å². The Morgan fingerprint density at radius 2 is 2.08 bits per heavy atom. The van der Waals surface area contributed by atoms with Crippen molar-refractivity contribution < 1.29 is 13.9 Å². The van der Waals surface area contributed by atoms with Crippen LogP contribution < -0.4 is 5.32 Å². The summed E-state index contributed by atoms with van der Waals surface area (Å²) in [7, 11) is 0. The van der Waals surface area contributed by atoms with Gasteiger partial charge in [0, 0.05) is 13.1 Å². The van der Waals surface area contributed by atoms with Crippen LogP contribution in [0.4, 0.5) is 9.18 Å². The smallest absolute Gasteiger partial charge is 0.317 e. The number of hydrogen-bond acceptors (Lipinski definition) is 2. The highest BCUT2D eigenvalue weighted by Gasteiger charge is 2.38. The molecule has 0 unspecified atom stereocenters. The zero-order valence-corrected chi connectivity index (χ0v) is 14.6. The van der Waals surface area contributed by atoms with Crippen molar-refractivity contribution in [3.05, 3.63) is 35.6 Å². The van der Waals surface area contributed by atoms with E-state index in [-0.39, 0.29) is 18.0 Å². The third-order valence-corrected chi connectivity index (χ3v) is 6.27. The van der Waals surface area contributed by atoms with E-state index in [9.17, 15) is 9.18 Å². The van der Waals surface area contributed by atoms with Gasteiger partial charge in [0.2, 0.25) is 0 Å². The molecular formula is C20H27FN2O2. The standard InChI is InChI=1S/C20H27FN2O2/c21-18-5-3-15(4-6-18)19-13-23(9-10-25-19)20(24)22-8-7-17-12-14-1-2-16(17)11-14/h3-6,14,16-17,19H,1-2,7-13H2,(H,22,24)/t14-,16-,17-,19-/m0/s1. The number of fused-ring (bicyclic) bond motifs is 2. The maximum Gasteiger partial charge on any atom is 0.317 e. The lowest BCUT2D eigenvalue weighted by Crippen LogP contribution is -2.47. The minimum absolute atomic E-state index is 0.00133. The van der Waals surface area contributed by atoms with E-state index in [2.05, 4.69) is 5.32 Å². The van der Waals surface area contributed by atoms with Crippen LogP contribution in [-0.4, -0.2) is 37.2 Å². The van der Waals surface area contributed by atoms with Gasteiger partial charge in [-0.1, -0.05) is 18.6 Å². The predicted molar refractivity (Wildman–Crippen MR) is 93.6 cm³/mol. The van der Waals surface area contributed by atoms with Crippen LogP contribution >= 0.6 is 0 Å². The first-order valence-corrected chi connectivity index (χ1v) is 9.59. The average Bonchev–Trinajstić information content (AvgIpc) is 3.25. The van der Waals surface area contributed by atoms with Crippen molar-refractivity contribution in [1.82, 2.24) is 10.2 Å². The maximum atomic E-state index is 13.1. The lowest BCUT2D eigenvalue weighted by Gasteiger charge is -2.33. The zero-order chi connectivity index (χ0) is 17.2. The average molecular weight is 346 g/mol. The van der Waals surface area contributed by atoms with Crippen LogP contribution in [0.1, 0.15) is 43.8 Å². The predicted octanol–water partition coefficient (Wildman–Crippen LogP) is 3.73. The van der Waals surface area contributed by atoms with Gasteiger partial charge in [-0.2, -0.15) is 0 Å². The molecule has 25 heavy (non-hydrogen) atoms. The first kappa shape index (κ1) is 16.8. The van der Waals surface area contributed by atoms with Gasteiger partial charge in [0.1, 0.15) is 11.9 Å². The third kappa shape index (κ3) is 3.81. The number of ether oxygens (including phenoxy) is 1. The van der Waals surface area contributed by atoms with E-state index in [4.69, 9.17) is 4.74 Å². The molecule has 1 heterocycles. The van der Waals surface area contributed by atoms with Crippen molar-refractivity contribution in [3.63, 3.8) is 0 Å². The van der Waals surface area contributed by atoms with Gasteiger partial charge in [-0.05, 0) is 61.1 Å². The lowest BCUT2D eigenvalue weighted by atomic mass is 9.86. The minimum atomic E-state index is -0.255. The second-order valence-electron chi connectivity index (χ2n) is 7.81. The molecule has 2 aliphatic carbocycles. The number of amides is 2. The van der Waals surface area contributed by atoms with Crippen molar-refractivity contribution in [2.75, 3.05) is 26.2 Å². The zero-order valence-electron chi connectivity index (χ0n) is 14.6. The van der Waals surface area contributed by atoms with Gasteiger partial charge in [-0.15, -0.1) is 0 Å². The normalized spacial score (nSPS) is 31.3. The van der Waals surface area contributed by atoms with E-state index in [0.717, 1.165) is 36.3 Å². The van der Waals surface area contributed by atoms with Crippen molar-refractivity contribution in [3.8, 4) is 0 Å². The topological polar surface area (TPSA) is 41.6 Å². The molecule has 136 valence electrons. The second-order valence-corrected chi connectivity index (χ2v) is 7.81. The number of urea groups is 1. The highest BCUT2D eigenvalue weighted by Crippen LogP contribution is 2.49. The van der Waals surface area contributed by atoms with E-state index >= 15 is 0 Å². The molecule has 4 rings (SSSR count). The Kier molecular flexibility index (Phi) is 4.93. The summed E-state index contributed by atoms with van der Waals surface area (Å²) in [5.41, 5.74) is 0.917. The molecule has 1 N–H and O–H groups in total. The van der Waals surface area contributed by atoms with Crippen LogP contribution in [-0.2, 0) is 4.74 Å². The van der Waals surface area contributed by atoms with Crippen LogP contribution in [0, 0.1) is 23.6 Å². The van der Waals surface area contributed by atoms with Gasteiger partial charge in [0.25, 0.3) is 0 Å². The first-order chi connectivity index (χ1) is 12.2. The Hall–Kier alpha value is -1.62. The Balaban J connectivity index is 1.24. The number of morpholine rings is 1. The first-order valence-electron chi connectivity index (χ1n) is 9.59. The van der Waals surface area contributed by atoms with Gasteiger partial charge in [-0.3, -0.25) is 0 Å². The summed E-state index contributed by atoms with van der Waals surface area (Å²) in [4.78, 5) is 14.3. The number of nitrogens with zero attached hydrogens (tertiary/aromatic N) is 1. The number of rotatable bonds is 4. The number of nitrogens with one attached hydrogen (secondary N) is 1. The molecule has 1 aliphatic heterocycles. The molecular weight excluding hydrogens is 319 g/mol. The summed E-state index contributed by atoms with van der Waals surface area (Å²) in [5, 5.41) is 3.09. The monoisotopic (exact) mass is 346 g/mol. The number of carbonyl (C=O) groups excluding carboxylic acids is 1. The van der Waals surface area contributed by atoms with Gasteiger partial charge >= 0.3 is 6.03 Å². The summed E-state index contributed by atoms with van der Waals surface area (Å²) in [6.07, 6.45) is 6.54. The van der Waals surface area contributed by atoms with E-state index < -0.39 is 0 Å². The molecule has 1 aromatic rings. The van der Waals surface area contributed by atoms with Crippen LogP contribution in [0.15, 0.2) is 24.3 Å². The van der Waals surface area contributed by atoms with E-state index in [1.54, 1.807) is 12.1 Å². The molecule has 0 spiro atoms. The van der Waals surface area contributed by atoms with Crippen LogP contribution in [0.2, 0.25) is 0 Å². The van der Waals surface area contributed by atoms with E-state index in [0.29, 0.717) is 19.7 Å². The molecule has 2 saturated carbocycles. The van der Waals surface area contributed by atoms with Gasteiger partial charge < -0.3 is 15.0 Å². The summed E-state index contributed by atoms with van der Waals surface area (Å²) in [6, 6.07) is 6.34. The van der Waals surface area contributed by atoms with Crippen molar-refractivity contribution in [2.45, 2.75) is 38.2 Å². The Morgan fingerprint density at radius 1 is 1.24 bits per heavy atom. The summed E-state index contributed by atoms with van der Waals surface area (Å²) < 4.78 is 18.8. The number of carbonyl (C=O) groups is 1. The third-order valence-electron chi connectivity index (χ3n) is 6.27. The highest BCUT2D eigenvalue weighted by atomic mass is 19.1. The number of halogens is 1. The number of hydrogen-bond donors (Lipinski definition) is 1. The summed E-state index contributed by atoms with van der Waals surface area (Å²) in [6.45, 7) is 2.41. The molecule has 2 bridgehead atoms.